The zero-order valence-electron chi connectivity index (χ0n) is 10.8. The molecule has 0 amide bonds. The molecule has 1 N–H and O–H groups in total. The highest BCUT2D eigenvalue weighted by Gasteiger charge is 2.08. The second-order valence-electron chi connectivity index (χ2n) is 4.32. The number of hydrogen-bond acceptors (Lipinski definition) is 4. The van der Waals surface area contributed by atoms with E-state index in [1.54, 1.807) is 24.3 Å². The summed E-state index contributed by atoms with van der Waals surface area (Å²) in [6, 6.07) is 13.2. The van der Waals surface area contributed by atoms with Crippen molar-refractivity contribution in [3.05, 3.63) is 54.1 Å². The second-order valence-corrected chi connectivity index (χ2v) is 4.32. The van der Waals surface area contributed by atoms with Gasteiger partial charge in [-0.15, -0.1) is 0 Å². The number of anilines is 1. The number of aromatic hydroxyl groups is 1. The van der Waals surface area contributed by atoms with Gasteiger partial charge in [0.25, 0.3) is 0 Å². The molecule has 2 aromatic carbocycles. The SMILES string of the molecule is CN(C)c1ccc(C(=O)Oc2ccc(O)cc2)cc1. The van der Waals surface area contributed by atoms with Crippen molar-refractivity contribution >= 4 is 11.7 Å². The summed E-state index contributed by atoms with van der Waals surface area (Å²) in [5.41, 5.74) is 1.50. The van der Waals surface area contributed by atoms with Gasteiger partial charge in [0.15, 0.2) is 0 Å². The maximum absolute atomic E-state index is 11.9. The van der Waals surface area contributed by atoms with Gasteiger partial charge in [-0.05, 0) is 48.5 Å². The summed E-state index contributed by atoms with van der Waals surface area (Å²) in [6.45, 7) is 0. The summed E-state index contributed by atoms with van der Waals surface area (Å²) >= 11 is 0. The number of nitrogens with zero attached hydrogens (tertiary/aromatic N) is 1. The smallest absolute Gasteiger partial charge is 0.343 e. The molecule has 0 spiro atoms. The van der Waals surface area contributed by atoms with Crippen LogP contribution in [0.2, 0.25) is 0 Å². The molecule has 2 aromatic rings. The zero-order chi connectivity index (χ0) is 13.8. The predicted molar refractivity (Wildman–Crippen MR) is 73.8 cm³/mol. The molecule has 0 unspecified atom stereocenters. The first-order chi connectivity index (χ1) is 9.06. The van der Waals surface area contributed by atoms with Gasteiger partial charge in [0.2, 0.25) is 0 Å². The molecule has 0 aliphatic heterocycles. The van der Waals surface area contributed by atoms with Crippen LogP contribution in [0.3, 0.4) is 0 Å². The normalized spacial score (nSPS) is 10.0. The summed E-state index contributed by atoms with van der Waals surface area (Å²) in [7, 11) is 3.87. The van der Waals surface area contributed by atoms with Crippen LogP contribution in [0.5, 0.6) is 11.5 Å². The highest BCUT2D eigenvalue weighted by Crippen LogP contribution is 2.18. The van der Waals surface area contributed by atoms with Crippen molar-refractivity contribution in [2.45, 2.75) is 0 Å². The van der Waals surface area contributed by atoms with E-state index in [2.05, 4.69) is 0 Å². The first-order valence-electron chi connectivity index (χ1n) is 5.85. The Balaban J connectivity index is 2.09. The monoisotopic (exact) mass is 257 g/mol. The average Bonchev–Trinajstić information content (AvgIpc) is 2.41. The van der Waals surface area contributed by atoms with Gasteiger partial charge in [-0.2, -0.15) is 0 Å². The Morgan fingerprint density at radius 3 is 2.11 bits per heavy atom. The van der Waals surface area contributed by atoms with Gasteiger partial charge in [-0.1, -0.05) is 0 Å². The van der Waals surface area contributed by atoms with Crippen LogP contribution in [0.1, 0.15) is 10.4 Å². The summed E-state index contributed by atoms with van der Waals surface area (Å²) in [5.74, 6) is 0.116. The maximum Gasteiger partial charge on any atom is 0.343 e. The molecule has 0 radical (unpaired) electrons. The number of ether oxygens (including phenoxy) is 1. The van der Waals surface area contributed by atoms with E-state index in [0.29, 0.717) is 11.3 Å². The van der Waals surface area contributed by atoms with Crippen molar-refractivity contribution in [3.63, 3.8) is 0 Å². The van der Waals surface area contributed by atoms with Crippen molar-refractivity contribution in [1.29, 1.82) is 0 Å². The van der Waals surface area contributed by atoms with Crippen LogP contribution >= 0.6 is 0 Å². The summed E-state index contributed by atoms with van der Waals surface area (Å²) in [5, 5.41) is 9.15. The molecule has 2 rings (SSSR count). The van der Waals surface area contributed by atoms with E-state index >= 15 is 0 Å². The van der Waals surface area contributed by atoms with Crippen molar-refractivity contribution in [2.75, 3.05) is 19.0 Å². The number of rotatable bonds is 3. The Hall–Kier alpha value is -2.49. The minimum Gasteiger partial charge on any atom is -0.508 e. The standard InChI is InChI=1S/C15H15NO3/c1-16(2)12-5-3-11(4-6-12)15(18)19-14-9-7-13(17)8-10-14/h3-10,17H,1-2H3. The van der Waals surface area contributed by atoms with Gasteiger partial charge >= 0.3 is 5.97 Å². The first-order valence-corrected chi connectivity index (χ1v) is 5.85. The lowest BCUT2D eigenvalue weighted by Gasteiger charge is -2.12. The molecule has 0 aliphatic carbocycles. The van der Waals surface area contributed by atoms with Gasteiger partial charge in [0.1, 0.15) is 11.5 Å². The fourth-order valence-corrected chi connectivity index (χ4v) is 1.58. The fraction of sp³-hybridized carbons (Fsp3) is 0.133. The van der Waals surface area contributed by atoms with Crippen LogP contribution in [0.15, 0.2) is 48.5 Å². The zero-order valence-corrected chi connectivity index (χ0v) is 10.8. The van der Waals surface area contributed by atoms with E-state index in [1.165, 1.54) is 12.1 Å². The molecule has 4 nitrogen and oxygen atoms in total. The van der Waals surface area contributed by atoms with Crippen molar-refractivity contribution in [2.24, 2.45) is 0 Å². The molecule has 0 aromatic heterocycles. The van der Waals surface area contributed by atoms with Crippen LogP contribution in [-0.4, -0.2) is 25.2 Å². The molecule has 0 fully saturated rings. The minimum absolute atomic E-state index is 0.134. The van der Waals surface area contributed by atoms with E-state index in [9.17, 15) is 4.79 Å². The minimum atomic E-state index is -0.420. The number of phenols is 1. The van der Waals surface area contributed by atoms with E-state index in [1.807, 2.05) is 31.1 Å². The number of benzene rings is 2. The quantitative estimate of drug-likeness (QED) is 0.678. The molecule has 98 valence electrons. The molecule has 0 bridgehead atoms. The lowest BCUT2D eigenvalue weighted by Crippen LogP contribution is -2.11. The number of esters is 1. The lowest BCUT2D eigenvalue weighted by molar-refractivity contribution is 0.0734. The van der Waals surface area contributed by atoms with E-state index in [4.69, 9.17) is 9.84 Å². The van der Waals surface area contributed by atoms with Crippen LogP contribution in [0, 0.1) is 0 Å². The second kappa shape index (κ2) is 5.44. The summed E-state index contributed by atoms with van der Waals surface area (Å²) < 4.78 is 5.19. The molecule has 0 atom stereocenters. The van der Waals surface area contributed by atoms with Crippen LogP contribution in [0.25, 0.3) is 0 Å². The van der Waals surface area contributed by atoms with Gasteiger partial charge in [-0.3, -0.25) is 0 Å². The Kier molecular flexibility index (Phi) is 3.71. The van der Waals surface area contributed by atoms with Crippen LogP contribution < -0.4 is 9.64 Å². The largest absolute Gasteiger partial charge is 0.508 e. The first kappa shape index (κ1) is 13.0. The molecule has 0 saturated heterocycles. The third-order valence-corrected chi connectivity index (χ3v) is 2.67. The van der Waals surface area contributed by atoms with E-state index < -0.39 is 5.97 Å². The molecule has 4 heteroatoms. The average molecular weight is 257 g/mol. The Morgan fingerprint density at radius 2 is 1.58 bits per heavy atom. The van der Waals surface area contributed by atoms with Gasteiger partial charge < -0.3 is 14.7 Å². The number of phenolic OH excluding ortho intramolecular Hbond substituents is 1. The summed E-state index contributed by atoms with van der Waals surface area (Å²) in [6.07, 6.45) is 0. The number of carbonyl (C=O) groups is 1. The van der Waals surface area contributed by atoms with Crippen LogP contribution in [-0.2, 0) is 0 Å². The third kappa shape index (κ3) is 3.25. The van der Waals surface area contributed by atoms with Gasteiger partial charge in [0.05, 0.1) is 5.56 Å². The van der Waals surface area contributed by atoms with Crippen molar-refractivity contribution in [3.8, 4) is 11.5 Å². The lowest BCUT2D eigenvalue weighted by atomic mass is 10.2. The van der Waals surface area contributed by atoms with Gasteiger partial charge in [-0.25, -0.2) is 4.79 Å². The van der Waals surface area contributed by atoms with Crippen molar-refractivity contribution < 1.29 is 14.6 Å². The predicted octanol–water partition coefficient (Wildman–Crippen LogP) is 2.68. The Morgan fingerprint density at radius 1 is 1.00 bits per heavy atom. The topological polar surface area (TPSA) is 49.8 Å². The van der Waals surface area contributed by atoms with Gasteiger partial charge in [0, 0.05) is 19.8 Å². The highest BCUT2D eigenvalue weighted by molar-refractivity contribution is 5.91. The molecule has 0 heterocycles. The van der Waals surface area contributed by atoms with E-state index in [0.717, 1.165) is 5.69 Å². The van der Waals surface area contributed by atoms with E-state index in [-0.39, 0.29) is 5.75 Å². The third-order valence-electron chi connectivity index (χ3n) is 2.67. The fourth-order valence-electron chi connectivity index (χ4n) is 1.58. The highest BCUT2D eigenvalue weighted by atomic mass is 16.5. The molecule has 0 aliphatic rings. The molecule has 19 heavy (non-hydrogen) atoms. The number of carbonyl (C=O) groups excluding carboxylic acids is 1. The molecular formula is C15H15NO3. The van der Waals surface area contributed by atoms with Crippen LogP contribution in [0.4, 0.5) is 5.69 Å². The maximum atomic E-state index is 11.9. The summed E-state index contributed by atoms with van der Waals surface area (Å²) in [4.78, 5) is 13.8. The molecular weight excluding hydrogens is 242 g/mol. The Labute approximate surface area is 111 Å². The number of hydrogen-bond donors (Lipinski definition) is 1. The molecule has 0 saturated carbocycles. The van der Waals surface area contributed by atoms with Crippen molar-refractivity contribution in [1.82, 2.24) is 0 Å². The Bertz CT molecular complexity index is 559.